The van der Waals surface area contributed by atoms with Gasteiger partial charge in [0.1, 0.15) is 17.7 Å². The summed E-state index contributed by atoms with van der Waals surface area (Å²) in [4.78, 5) is 10.8. The van der Waals surface area contributed by atoms with Crippen LogP contribution < -0.4 is 10.8 Å². The minimum absolute atomic E-state index is 0.0245. The van der Waals surface area contributed by atoms with Crippen LogP contribution in [0.1, 0.15) is 10.4 Å². The van der Waals surface area contributed by atoms with Crippen LogP contribution in [0.4, 0.5) is 5.69 Å². The number of carboxylic acid groups (broad SMARTS) is 1. The fraction of sp³-hybridized carbons (Fsp3) is 0. The number of anilines is 1. The van der Waals surface area contributed by atoms with Crippen LogP contribution in [0.5, 0.6) is 0 Å². The number of nitriles is 2. The molecule has 0 aromatic heterocycles. The van der Waals surface area contributed by atoms with Crippen molar-refractivity contribution < 1.29 is 19.9 Å². The Morgan fingerprint density at radius 2 is 1.95 bits per heavy atom. The zero-order chi connectivity index (χ0) is 14.4. The first-order valence-electron chi connectivity index (χ1n) is 5.00. The Bertz CT molecular complexity index is 597. The van der Waals surface area contributed by atoms with Crippen LogP contribution in [0.25, 0.3) is 0 Å². The van der Waals surface area contributed by atoms with Crippen molar-refractivity contribution in [1.29, 1.82) is 10.5 Å². The topological polar surface area (TPSA) is 137 Å². The maximum Gasteiger partial charge on any atom is 0.490 e. The fourth-order valence-electron chi connectivity index (χ4n) is 1.28. The third-order valence-electron chi connectivity index (χ3n) is 2.19. The first-order valence-corrected chi connectivity index (χ1v) is 5.00. The Kier molecular flexibility index (Phi) is 4.66. The standard InChI is InChI=1S/C11H8BN3O4/c13-4-7(5-14)6-15-10-3-8(11(16)17)1-2-9(10)12(18)19/h1-3,6,15,18-19H,(H,16,17). The highest BCUT2D eigenvalue weighted by Crippen LogP contribution is 2.10. The van der Waals surface area contributed by atoms with Gasteiger partial charge in [0, 0.05) is 17.4 Å². The van der Waals surface area contributed by atoms with Gasteiger partial charge in [-0.05, 0) is 12.1 Å². The van der Waals surface area contributed by atoms with E-state index in [-0.39, 0.29) is 22.3 Å². The van der Waals surface area contributed by atoms with Gasteiger partial charge in [0.25, 0.3) is 0 Å². The Hall–Kier alpha value is -2.81. The summed E-state index contributed by atoms with van der Waals surface area (Å²) >= 11 is 0. The molecule has 19 heavy (non-hydrogen) atoms. The predicted molar refractivity (Wildman–Crippen MR) is 66.2 cm³/mol. The molecule has 0 heterocycles. The highest BCUT2D eigenvalue weighted by molar-refractivity contribution is 6.60. The van der Waals surface area contributed by atoms with E-state index in [0.717, 1.165) is 6.20 Å². The molecule has 0 fully saturated rings. The molecule has 0 bridgehead atoms. The van der Waals surface area contributed by atoms with Crippen LogP contribution in [0, 0.1) is 22.7 Å². The van der Waals surface area contributed by atoms with Crippen LogP contribution in [0.3, 0.4) is 0 Å². The number of nitrogens with one attached hydrogen (secondary N) is 1. The van der Waals surface area contributed by atoms with E-state index in [9.17, 15) is 4.79 Å². The van der Waals surface area contributed by atoms with Gasteiger partial charge in [-0.3, -0.25) is 0 Å². The van der Waals surface area contributed by atoms with Crippen molar-refractivity contribution in [3.05, 3.63) is 35.5 Å². The summed E-state index contributed by atoms with van der Waals surface area (Å²) in [7, 11) is -1.81. The van der Waals surface area contributed by atoms with Crippen LogP contribution in [0.15, 0.2) is 30.0 Å². The van der Waals surface area contributed by atoms with E-state index in [4.69, 9.17) is 25.7 Å². The van der Waals surface area contributed by atoms with Crippen LogP contribution in [0.2, 0.25) is 0 Å². The van der Waals surface area contributed by atoms with Crippen LogP contribution >= 0.6 is 0 Å². The SMILES string of the molecule is N#CC(C#N)=CNc1cc(C(=O)O)ccc1B(O)O. The second-order valence-electron chi connectivity index (χ2n) is 3.41. The molecule has 0 radical (unpaired) electrons. The zero-order valence-corrected chi connectivity index (χ0v) is 9.53. The number of hydrogen-bond donors (Lipinski definition) is 4. The van der Waals surface area contributed by atoms with Crippen molar-refractivity contribution >= 4 is 24.2 Å². The highest BCUT2D eigenvalue weighted by Gasteiger charge is 2.17. The Morgan fingerprint density at radius 3 is 2.42 bits per heavy atom. The molecule has 1 rings (SSSR count). The fourth-order valence-corrected chi connectivity index (χ4v) is 1.28. The lowest BCUT2D eigenvalue weighted by Gasteiger charge is -2.09. The average Bonchev–Trinajstić information content (AvgIpc) is 2.39. The van der Waals surface area contributed by atoms with Gasteiger partial charge in [-0.25, -0.2) is 4.79 Å². The maximum absolute atomic E-state index is 10.8. The zero-order valence-electron chi connectivity index (χ0n) is 9.53. The predicted octanol–water partition coefficient (Wildman–Crippen LogP) is -0.592. The molecule has 0 saturated heterocycles. The molecule has 0 aliphatic rings. The van der Waals surface area contributed by atoms with E-state index >= 15 is 0 Å². The maximum atomic E-state index is 10.8. The molecule has 7 nitrogen and oxygen atoms in total. The molecule has 1 aromatic rings. The van der Waals surface area contributed by atoms with Gasteiger partial charge in [-0.1, -0.05) is 6.07 Å². The van der Waals surface area contributed by atoms with Gasteiger partial charge in [0.15, 0.2) is 0 Å². The quantitative estimate of drug-likeness (QED) is 0.417. The van der Waals surface area contributed by atoms with E-state index in [1.807, 2.05) is 0 Å². The summed E-state index contributed by atoms with van der Waals surface area (Å²) in [5, 5.41) is 46.7. The van der Waals surface area contributed by atoms with Gasteiger partial charge in [-0.2, -0.15) is 10.5 Å². The lowest BCUT2D eigenvalue weighted by atomic mass is 9.78. The molecule has 0 spiro atoms. The minimum Gasteiger partial charge on any atom is -0.478 e. The summed E-state index contributed by atoms with van der Waals surface area (Å²) < 4.78 is 0. The number of allylic oxidation sites excluding steroid dienone is 1. The van der Waals surface area contributed by atoms with E-state index in [1.54, 1.807) is 12.1 Å². The van der Waals surface area contributed by atoms with Crippen molar-refractivity contribution in [3.8, 4) is 12.1 Å². The van der Waals surface area contributed by atoms with Gasteiger partial charge in [-0.15, -0.1) is 0 Å². The first-order chi connectivity index (χ1) is 8.99. The molecule has 0 amide bonds. The van der Waals surface area contributed by atoms with Gasteiger partial charge in [0.2, 0.25) is 0 Å². The molecule has 8 heteroatoms. The number of nitrogens with zero attached hydrogens (tertiary/aromatic N) is 2. The molecule has 0 saturated carbocycles. The molecule has 0 aliphatic carbocycles. The van der Waals surface area contributed by atoms with E-state index in [0.29, 0.717) is 0 Å². The smallest absolute Gasteiger partial charge is 0.478 e. The lowest BCUT2D eigenvalue weighted by Crippen LogP contribution is -2.32. The van der Waals surface area contributed by atoms with Gasteiger partial charge < -0.3 is 20.5 Å². The lowest BCUT2D eigenvalue weighted by molar-refractivity contribution is 0.0697. The van der Waals surface area contributed by atoms with E-state index in [1.165, 1.54) is 18.2 Å². The summed E-state index contributed by atoms with van der Waals surface area (Å²) in [6.07, 6.45) is 1.05. The first kappa shape index (κ1) is 14.3. The van der Waals surface area contributed by atoms with Crippen molar-refractivity contribution in [2.75, 3.05) is 5.32 Å². The Labute approximate surface area is 108 Å². The molecular weight excluding hydrogens is 249 g/mol. The monoisotopic (exact) mass is 257 g/mol. The summed E-state index contributed by atoms with van der Waals surface area (Å²) in [6, 6.07) is 6.81. The second kappa shape index (κ2) is 6.22. The molecule has 0 aliphatic heterocycles. The normalized spacial score (nSPS) is 8.84. The molecule has 0 unspecified atom stereocenters. The van der Waals surface area contributed by atoms with E-state index < -0.39 is 13.1 Å². The number of hydrogen-bond acceptors (Lipinski definition) is 6. The number of carbonyl (C=O) groups is 1. The van der Waals surface area contributed by atoms with Crippen molar-refractivity contribution in [3.63, 3.8) is 0 Å². The van der Waals surface area contributed by atoms with Crippen molar-refractivity contribution in [2.24, 2.45) is 0 Å². The molecule has 1 aromatic carbocycles. The molecule has 94 valence electrons. The molecule has 0 atom stereocenters. The van der Waals surface area contributed by atoms with Gasteiger partial charge >= 0.3 is 13.1 Å². The average molecular weight is 257 g/mol. The number of carboxylic acids is 1. The Balaban J connectivity index is 3.20. The number of rotatable bonds is 4. The summed E-state index contributed by atoms with van der Waals surface area (Å²) in [6.45, 7) is 0. The van der Waals surface area contributed by atoms with Crippen LogP contribution in [-0.4, -0.2) is 28.2 Å². The van der Waals surface area contributed by atoms with E-state index in [2.05, 4.69) is 5.32 Å². The summed E-state index contributed by atoms with van der Waals surface area (Å²) in [5.41, 5.74) is -0.204. The van der Waals surface area contributed by atoms with Crippen molar-refractivity contribution in [2.45, 2.75) is 0 Å². The number of benzene rings is 1. The van der Waals surface area contributed by atoms with Gasteiger partial charge in [0.05, 0.1) is 5.56 Å². The van der Waals surface area contributed by atoms with Crippen LogP contribution in [-0.2, 0) is 0 Å². The minimum atomic E-state index is -1.81. The third-order valence-corrected chi connectivity index (χ3v) is 2.19. The summed E-state index contributed by atoms with van der Waals surface area (Å²) in [5.74, 6) is -1.19. The number of aromatic carboxylic acids is 1. The highest BCUT2D eigenvalue weighted by atomic mass is 16.4. The molecular formula is C11H8BN3O4. The second-order valence-corrected chi connectivity index (χ2v) is 3.41. The largest absolute Gasteiger partial charge is 0.490 e. The molecule has 4 N–H and O–H groups in total. The third kappa shape index (κ3) is 3.58. The Morgan fingerprint density at radius 1 is 1.32 bits per heavy atom. The van der Waals surface area contributed by atoms with Crippen molar-refractivity contribution in [1.82, 2.24) is 0 Å².